The van der Waals surface area contributed by atoms with Gasteiger partial charge in [-0.1, -0.05) is 6.07 Å². The fraction of sp³-hybridized carbons (Fsp3) is 0.500. The molecule has 1 heterocycles. The van der Waals surface area contributed by atoms with E-state index in [1.807, 2.05) is 0 Å². The Hall–Kier alpha value is -1.90. The molecule has 2 amide bonds. The first-order valence-corrected chi connectivity index (χ1v) is 6.91. The number of nitrogens with one attached hydrogen (secondary N) is 1. The van der Waals surface area contributed by atoms with Gasteiger partial charge in [0.1, 0.15) is 11.6 Å². The van der Waals surface area contributed by atoms with Crippen molar-refractivity contribution < 1.29 is 31.9 Å². The summed E-state index contributed by atoms with van der Waals surface area (Å²) in [5, 5.41) is 10.6. The molecule has 4 nitrogen and oxygen atoms in total. The molecule has 1 saturated heterocycles. The van der Waals surface area contributed by atoms with E-state index in [1.165, 1.54) is 0 Å². The number of aliphatic hydroxyl groups excluding tert-OH is 1. The van der Waals surface area contributed by atoms with Crippen LogP contribution in [0.15, 0.2) is 18.2 Å². The van der Waals surface area contributed by atoms with Gasteiger partial charge in [-0.05, 0) is 18.6 Å². The molecule has 2 atom stereocenters. The molecule has 0 aromatic heterocycles. The highest BCUT2D eigenvalue weighted by Crippen LogP contribution is 2.35. The van der Waals surface area contributed by atoms with Crippen molar-refractivity contribution in [1.29, 1.82) is 0 Å². The van der Waals surface area contributed by atoms with Crippen molar-refractivity contribution >= 4 is 6.03 Å². The standard InChI is InChI=1S/C14H15F5N2O2/c15-9-2-1-3-10(16)11(9)12(14(17,18)19)20-13(23)21-5-4-8(6-21)7-22/h1-3,8,12,22H,4-7H2,(H,20,23)/t8-,12+/m0/s1. The van der Waals surface area contributed by atoms with Crippen LogP contribution >= 0.6 is 0 Å². The molecule has 1 aromatic carbocycles. The van der Waals surface area contributed by atoms with Crippen LogP contribution in [0.1, 0.15) is 18.0 Å². The summed E-state index contributed by atoms with van der Waals surface area (Å²) in [5.41, 5.74) is -1.24. The van der Waals surface area contributed by atoms with Gasteiger partial charge in [0.15, 0.2) is 6.04 Å². The van der Waals surface area contributed by atoms with Crippen molar-refractivity contribution in [2.45, 2.75) is 18.6 Å². The van der Waals surface area contributed by atoms with Crippen LogP contribution in [-0.2, 0) is 0 Å². The Labute approximate surface area is 128 Å². The van der Waals surface area contributed by atoms with Gasteiger partial charge in [0, 0.05) is 25.6 Å². The zero-order valence-electron chi connectivity index (χ0n) is 11.9. The fourth-order valence-electron chi connectivity index (χ4n) is 2.49. The average Bonchev–Trinajstić information content (AvgIpc) is 2.93. The number of halogens is 5. The summed E-state index contributed by atoms with van der Waals surface area (Å²) in [5.74, 6) is -2.99. The Morgan fingerprint density at radius 3 is 2.43 bits per heavy atom. The van der Waals surface area contributed by atoms with Crippen LogP contribution in [-0.4, -0.2) is 41.9 Å². The van der Waals surface area contributed by atoms with Crippen LogP contribution in [0.25, 0.3) is 0 Å². The molecule has 0 saturated carbocycles. The monoisotopic (exact) mass is 338 g/mol. The van der Waals surface area contributed by atoms with Gasteiger partial charge in [0.05, 0.1) is 5.56 Å². The summed E-state index contributed by atoms with van der Waals surface area (Å²) in [4.78, 5) is 13.0. The maximum atomic E-state index is 13.6. The summed E-state index contributed by atoms with van der Waals surface area (Å²) in [6, 6.07) is -1.53. The third kappa shape index (κ3) is 3.90. The molecular formula is C14H15F5N2O2. The van der Waals surface area contributed by atoms with E-state index in [2.05, 4.69) is 0 Å². The molecule has 0 bridgehead atoms. The van der Waals surface area contributed by atoms with Crippen LogP contribution in [0, 0.1) is 17.6 Å². The van der Waals surface area contributed by atoms with Crippen LogP contribution < -0.4 is 5.32 Å². The second-order valence-electron chi connectivity index (χ2n) is 5.34. The second-order valence-corrected chi connectivity index (χ2v) is 5.34. The molecule has 1 fully saturated rings. The lowest BCUT2D eigenvalue weighted by atomic mass is 10.1. The number of nitrogens with zero attached hydrogens (tertiary/aromatic N) is 1. The van der Waals surface area contributed by atoms with Gasteiger partial charge in [0.25, 0.3) is 0 Å². The smallest absolute Gasteiger partial charge is 0.396 e. The molecule has 2 rings (SSSR count). The van der Waals surface area contributed by atoms with Crippen LogP contribution in [0.3, 0.4) is 0 Å². The van der Waals surface area contributed by atoms with E-state index in [9.17, 15) is 26.7 Å². The van der Waals surface area contributed by atoms with Gasteiger partial charge in [-0.3, -0.25) is 0 Å². The largest absolute Gasteiger partial charge is 0.413 e. The number of amides is 2. The van der Waals surface area contributed by atoms with Gasteiger partial charge < -0.3 is 15.3 Å². The number of benzene rings is 1. The number of carbonyl (C=O) groups is 1. The number of hydrogen-bond donors (Lipinski definition) is 2. The van der Waals surface area contributed by atoms with E-state index >= 15 is 0 Å². The predicted octanol–water partition coefficient (Wildman–Crippen LogP) is 2.59. The number of rotatable bonds is 3. The molecule has 1 aliphatic heterocycles. The van der Waals surface area contributed by atoms with E-state index in [0.717, 1.165) is 11.0 Å². The normalized spacial score (nSPS) is 19.7. The Balaban J connectivity index is 2.22. The molecule has 0 radical (unpaired) electrons. The molecule has 0 unspecified atom stereocenters. The minimum atomic E-state index is -5.06. The Kier molecular flexibility index (Phi) is 5.08. The molecule has 9 heteroatoms. The van der Waals surface area contributed by atoms with E-state index in [0.29, 0.717) is 18.6 Å². The summed E-state index contributed by atoms with van der Waals surface area (Å²) in [6.07, 6.45) is -4.61. The van der Waals surface area contributed by atoms with Crippen LogP contribution in [0.5, 0.6) is 0 Å². The average molecular weight is 338 g/mol. The maximum Gasteiger partial charge on any atom is 0.413 e. The lowest BCUT2D eigenvalue weighted by Crippen LogP contribution is -2.45. The van der Waals surface area contributed by atoms with Gasteiger partial charge >= 0.3 is 12.2 Å². The predicted molar refractivity (Wildman–Crippen MR) is 70.5 cm³/mol. The topological polar surface area (TPSA) is 52.6 Å². The van der Waals surface area contributed by atoms with Crippen molar-refractivity contribution in [3.63, 3.8) is 0 Å². The van der Waals surface area contributed by atoms with E-state index in [1.54, 1.807) is 5.32 Å². The van der Waals surface area contributed by atoms with E-state index in [-0.39, 0.29) is 25.6 Å². The number of carbonyl (C=O) groups excluding carboxylic acids is 1. The summed E-state index contributed by atoms with van der Waals surface area (Å²) < 4.78 is 66.7. The van der Waals surface area contributed by atoms with Crippen molar-refractivity contribution in [3.05, 3.63) is 35.4 Å². The van der Waals surface area contributed by atoms with Gasteiger partial charge in [-0.2, -0.15) is 13.2 Å². The van der Waals surface area contributed by atoms with Crippen molar-refractivity contribution in [2.75, 3.05) is 19.7 Å². The Morgan fingerprint density at radius 1 is 1.35 bits per heavy atom. The van der Waals surface area contributed by atoms with E-state index < -0.39 is 35.4 Å². The van der Waals surface area contributed by atoms with Crippen molar-refractivity contribution in [1.82, 2.24) is 10.2 Å². The number of hydrogen-bond acceptors (Lipinski definition) is 2. The molecule has 0 spiro atoms. The number of aliphatic hydroxyl groups is 1. The SMILES string of the molecule is O=C(N[C@H](c1c(F)cccc1F)C(F)(F)F)N1CC[C@H](CO)C1. The Bertz CT molecular complexity index is 559. The lowest BCUT2D eigenvalue weighted by Gasteiger charge is -2.26. The minimum Gasteiger partial charge on any atom is -0.396 e. The van der Waals surface area contributed by atoms with E-state index in [4.69, 9.17) is 5.11 Å². The van der Waals surface area contributed by atoms with Crippen molar-refractivity contribution in [3.8, 4) is 0 Å². The summed E-state index contributed by atoms with van der Waals surface area (Å²) in [7, 11) is 0. The molecule has 128 valence electrons. The van der Waals surface area contributed by atoms with Gasteiger partial charge in [-0.25, -0.2) is 13.6 Å². The molecule has 2 N–H and O–H groups in total. The van der Waals surface area contributed by atoms with Crippen LogP contribution in [0.4, 0.5) is 26.7 Å². The third-order valence-corrected chi connectivity index (χ3v) is 3.71. The summed E-state index contributed by atoms with van der Waals surface area (Å²) in [6.45, 7) is 0.0719. The first-order valence-electron chi connectivity index (χ1n) is 6.91. The summed E-state index contributed by atoms with van der Waals surface area (Å²) >= 11 is 0. The quantitative estimate of drug-likeness (QED) is 0.833. The fourth-order valence-corrected chi connectivity index (χ4v) is 2.49. The highest BCUT2D eigenvalue weighted by Gasteiger charge is 2.45. The molecule has 1 aromatic rings. The minimum absolute atomic E-state index is 0.0899. The van der Waals surface area contributed by atoms with Gasteiger partial charge in [-0.15, -0.1) is 0 Å². The Morgan fingerprint density at radius 2 is 1.96 bits per heavy atom. The maximum absolute atomic E-state index is 13.6. The molecule has 0 aliphatic carbocycles. The number of urea groups is 1. The zero-order valence-corrected chi connectivity index (χ0v) is 11.9. The first-order chi connectivity index (χ1) is 10.7. The second kappa shape index (κ2) is 6.69. The zero-order chi connectivity index (χ0) is 17.2. The van der Waals surface area contributed by atoms with Gasteiger partial charge in [0.2, 0.25) is 0 Å². The van der Waals surface area contributed by atoms with Crippen molar-refractivity contribution in [2.24, 2.45) is 5.92 Å². The first kappa shape index (κ1) is 17.5. The third-order valence-electron chi connectivity index (χ3n) is 3.71. The molecular weight excluding hydrogens is 323 g/mol. The van der Waals surface area contributed by atoms with Crippen LogP contribution in [0.2, 0.25) is 0 Å². The number of alkyl halides is 3. The molecule has 23 heavy (non-hydrogen) atoms. The number of likely N-dealkylation sites (tertiary alicyclic amines) is 1. The lowest BCUT2D eigenvalue weighted by molar-refractivity contribution is -0.156. The highest BCUT2D eigenvalue weighted by atomic mass is 19.4. The molecule has 1 aliphatic rings. The highest BCUT2D eigenvalue weighted by molar-refractivity contribution is 5.75.